The summed E-state index contributed by atoms with van der Waals surface area (Å²) in [6.07, 6.45) is 8.48. The van der Waals surface area contributed by atoms with Crippen molar-refractivity contribution in [1.82, 2.24) is 19.7 Å². The molecule has 0 aromatic carbocycles. The van der Waals surface area contributed by atoms with E-state index >= 15 is 0 Å². The van der Waals surface area contributed by atoms with Crippen LogP contribution in [0.5, 0.6) is 0 Å². The molecule has 0 atom stereocenters. The summed E-state index contributed by atoms with van der Waals surface area (Å²) in [5.74, 6) is 0.868. The van der Waals surface area contributed by atoms with E-state index in [1.165, 1.54) is 0 Å². The molecule has 1 amide bonds. The minimum Gasteiger partial charge on any atom is -0.336 e. The molecule has 0 unspecified atom stereocenters. The van der Waals surface area contributed by atoms with Crippen LogP contribution in [0.1, 0.15) is 18.9 Å². The van der Waals surface area contributed by atoms with Gasteiger partial charge in [0.2, 0.25) is 11.9 Å². The van der Waals surface area contributed by atoms with E-state index in [0.717, 1.165) is 31.7 Å². The SMILES string of the molecule is O=C1CCCN1c1cnn(C2CN(c3ncc(Cl)cn3)C2)c1. The van der Waals surface area contributed by atoms with Crippen molar-refractivity contribution in [2.75, 3.05) is 29.4 Å². The summed E-state index contributed by atoms with van der Waals surface area (Å²) in [6.45, 7) is 2.40. The van der Waals surface area contributed by atoms with Gasteiger partial charge < -0.3 is 9.80 Å². The number of amides is 1. The second-order valence-corrected chi connectivity index (χ2v) is 6.02. The van der Waals surface area contributed by atoms with Crippen LogP contribution in [-0.2, 0) is 4.79 Å². The molecule has 0 spiro atoms. The molecular formula is C14H15ClN6O. The zero-order chi connectivity index (χ0) is 15.1. The molecule has 114 valence electrons. The Balaban J connectivity index is 1.42. The van der Waals surface area contributed by atoms with Crippen LogP contribution in [-0.4, -0.2) is 45.3 Å². The number of carbonyl (C=O) groups excluding carboxylic acids is 1. The average Bonchev–Trinajstić information content (AvgIpc) is 3.08. The van der Waals surface area contributed by atoms with Crippen LogP contribution < -0.4 is 9.80 Å². The molecule has 2 aliphatic heterocycles. The van der Waals surface area contributed by atoms with E-state index in [4.69, 9.17) is 11.6 Å². The highest BCUT2D eigenvalue weighted by Gasteiger charge is 2.31. The van der Waals surface area contributed by atoms with Gasteiger partial charge in [0.15, 0.2) is 0 Å². The third-order valence-electron chi connectivity index (χ3n) is 4.10. The molecule has 0 saturated carbocycles. The van der Waals surface area contributed by atoms with Gasteiger partial charge in [-0.1, -0.05) is 11.6 Å². The van der Waals surface area contributed by atoms with Gasteiger partial charge in [-0.25, -0.2) is 9.97 Å². The summed E-state index contributed by atoms with van der Waals surface area (Å²) in [5, 5.41) is 4.93. The second-order valence-electron chi connectivity index (χ2n) is 5.59. The van der Waals surface area contributed by atoms with Crippen LogP contribution in [0.4, 0.5) is 11.6 Å². The van der Waals surface area contributed by atoms with E-state index in [-0.39, 0.29) is 11.9 Å². The third-order valence-corrected chi connectivity index (χ3v) is 4.29. The maximum absolute atomic E-state index is 11.8. The number of anilines is 2. The molecule has 2 saturated heterocycles. The smallest absolute Gasteiger partial charge is 0.227 e. The molecule has 4 heterocycles. The van der Waals surface area contributed by atoms with Gasteiger partial charge in [0.25, 0.3) is 0 Å². The normalized spacial score (nSPS) is 18.9. The van der Waals surface area contributed by atoms with Crippen molar-refractivity contribution in [3.63, 3.8) is 0 Å². The summed E-state index contributed by atoms with van der Waals surface area (Å²) in [5.41, 5.74) is 0.892. The van der Waals surface area contributed by atoms with Gasteiger partial charge in [-0.3, -0.25) is 9.48 Å². The molecule has 8 heteroatoms. The van der Waals surface area contributed by atoms with Crippen LogP contribution in [0, 0.1) is 0 Å². The fourth-order valence-electron chi connectivity index (χ4n) is 2.84. The van der Waals surface area contributed by atoms with Gasteiger partial charge in [0, 0.05) is 32.3 Å². The molecule has 2 aliphatic rings. The zero-order valence-corrected chi connectivity index (χ0v) is 12.6. The van der Waals surface area contributed by atoms with Gasteiger partial charge in [-0.15, -0.1) is 0 Å². The molecule has 7 nitrogen and oxygen atoms in total. The molecule has 2 fully saturated rings. The summed E-state index contributed by atoms with van der Waals surface area (Å²) in [4.78, 5) is 24.0. The van der Waals surface area contributed by atoms with E-state index in [1.807, 2.05) is 15.8 Å². The number of nitrogens with zero attached hydrogens (tertiary/aromatic N) is 6. The fourth-order valence-corrected chi connectivity index (χ4v) is 2.94. The summed E-state index contributed by atoms with van der Waals surface area (Å²) in [7, 11) is 0. The van der Waals surface area contributed by atoms with E-state index in [9.17, 15) is 4.79 Å². The van der Waals surface area contributed by atoms with E-state index in [2.05, 4.69) is 20.0 Å². The molecular weight excluding hydrogens is 304 g/mol. The van der Waals surface area contributed by atoms with Gasteiger partial charge in [-0.05, 0) is 6.42 Å². The predicted molar refractivity (Wildman–Crippen MR) is 82.1 cm³/mol. The van der Waals surface area contributed by atoms with Crippen molar-refractivity contribution < 1.29 is 4.79 Å². The molecule has 0 N–H and O–H groups in total. The lowest BCUT2D eigenvalue weighted by Gasteiger charge is -2.39. The number of carbonyl (C=O) groups is 1. The number of rotatable bonds is 3. The fraction of sp³-hybridized carbons (Fsp3) is 0.429. The van der Waals surface area contributed by atoms with Crippen molar-refractivity contribution in [2.45, 2.75) is 18.9 Å². The highest BCUT2D eigenvalue weighted by molar-refractivity contribution is 6.30. The van der Waals surface area contributed by atoms with Crippen molar-refractivity contribution in [3.8, 4) is 0 Å². The van der Waals surface area contributed by atoms with Crippen molar-refractivity contribution in [3.05, 3.63) is 29.8 Å². The van der Waals surface area contributed by atoms with E-state index < -0.39 is 0 Å². The second kappa shape index (κ2) is 5.24. The first-order valence-corrected chi connectivity index (χ1v) is 7.65. The minimum absolute atomic E-state index is 0.185. The molecule has 0 aliphatic carbocycles. The predicted octanol–water partition coefficient (Wildman–Crippen LogP) is 1.51. The van der Waals surface area contributed by atoms with Crippen LogP contribution >= 0.6 is 11.6 Å². The monoisotopic (exact) mass is 318 g/mol. The highest BCUT2D eigenvalue weighted by atomic mass is 35.5. The molecule has 0 radical (unpaired) electrons. The summed E-state index contributed by atoms with van der Waals surface area (Å²) in [6, 6.07) is 0.283. The van der Waals surface area contributed by atoms with Crippen molar-refractivity contribution in [1.29, 1.82) is 0 Å². The van der Waals surface area contributed by atoms with Crippen LogP contribution in [0.2, 0.25) is 5.02 Å². The van der Waals surface area contributed by atoms with Crippen LogP contribution in [0.15, 0.2) is 24.8 Å². The van der Waals surface area contributed by atoms with Crippen LogP contribution in [0.25, 0.3) is 0 Å². The Morgan fingerprint density at radius 3 is 2.64 bits per heavy atom. The Hall–Kier alpha value is -2.15. The lowest BCUT2D eigenvalue weighted by Crippen LogP contribution is -2.48. The zero-order valence-electron chi connectivity index (χ0n) is 11.9. The molecule has 0 bridgehead atoms. The first kappa shape index (κ1) is 13.5. The first-order chi connectivity index (χ1) is 10.7. The van der Waals surface area contributed by atoms with Crippen LogP contribution in [0.3, 0.4) is 0 Å². The number of hydrogen-bond donors (Lipinski definition) is 0. The maximum Gasteiger partial charge on any atom is 0.227 e. The first-order valence-electron chi connectivity index (χ1n) is 7.28. The topological polar surface area (TPSA) is 67.2 Å². The van der Waals surface area contributed by atoms with Crippen molar-refractivity contribution in [2.24, 2.45) is 0 Å². The third kappa shape index (κ3) is 2.31. The standard InChI is InChI=1S/C14H15ClN6O/c15-10-4-16-14(17-5-10)19-7-12(8-19)21-9-11(6-18-21)20-3-1-2-13(20)22/h4-6,9,12H,1-3,7-8H2. The summed E-state index contributed by atoms with van der Waals surface area (Å²) < 4.78 is 1.92. The Morgan fingerprint density at radius 2 is 1.95 bits per heavy atom. The highest BCUT2D eigenvalue weighted by Crippen LogP contribution is 2.27. The number of aromatic nitrogens is 4. The van der Waals surface area contributed by atoms with Gasteiger partial charge >= 0.3 is 0 Å². The van der Waals surface area contributed by atoms with E-state index in [0.29, 0.717) is 17.4 Å². The largest absolute Gasteiger partial charge is 0.336 e. The Morgan fingerprint density at radius 1 is 1.18 bits per heavy atom. The van der Waals surface area contributed by atoms with Gasteiger partial charge in [0.1, 0.15) is 0 Å². The Kier molecular flexibility index (Phi) is 3.22. The Bertz CT molecular complexity index is 694. The van der Waals surface area contributed by atoms with Gasteiger partial charge in [0.05, 0.1) is 35.3 Å². The molecule has 2 aromatic rings. The molecule has 2 aromatic heterocycles. The van der Waals surface area contributed by atoms with Crippen molar-refractivity contribution >= 4 is 29.1 Å². The summed E-state index contributed by atoms with van der Waals surface area (Å²) >= 11 is 5.79. The number of hydrogen-bond acceptors (Lipinski definition) is 5. The molecule has 22 heavy (non-hydrogen) atoms. The quantitative estimate of drug-likeness (QED) is 0.858. The molecule has 4 rings (SSSR count). The minimum atomic E-state index is 0.185. The Labute approximate surface area is 132 Å². The lowest BCUT2D eigenvalue weighted by atomic mass is 10.1. The maximum atomic E-state index is 11.8. The van der Waals surface area contributed by atoms with Gasteiger partial charge in [-0.2, -0.15) is 5.10 Å². The average molecular weight is 319 g/mol. The lowest BCUT2D eigenvalue weighted by molar-refractivity contribution is -0.117. The number of halogens is 1. The van der Waals surface area contributed by atoms with E-state index in [1.54, 1.807) is 18.6 Å².